The van der Waals surface area contributed by atoms with Crippen LogP contribution in [0.15, 0.2) is 24.5 Å². The second-order valence-corrected chi connectivity index (χ2v) is 5.64. The van der Waals surface area contributed by atoms with Crippen LogP contribution in [0.25, 0.3) is 11.0 Å². The van der Waals surface area contributed by atoms with Crippen LogP contribution in [0.1, 0.15) is 24.0 Å². The number of nitrogens with one attached hydrogen (secondary N) is 1. The number of hydrogen-bond acceptors (Lipinski definition) is 5. The third-order valence-corrected chi connectivity index (χ3v) is 3.62. The zero-order chi connectivity index (χ0) is 15.7. The molecule has 0 bridgehead atoms. The number of aromatic nitrogens is 5. The summed E-state index contributed by atoms with van der Waals surface area (Å²) in [6, 6.07) is 4.28. The molecule has 3 aromatic rings. The number of hydrogen-bond donors (Lipinski definition) is 1. The maximum Gasteiger partial charge on any atom is 0.163 e. The van der Waals surface area contributed by atoms with Gasteiger partial charge >= 0.3 is 0 Å². The van der Waals surface area contributed by atoms with Crippen LogP contribution >= 0.6 is 0 Å². The third kappa shape index (κ3) is 2.77. The molecule has 0 saturated heterocycles. The van der Waals surface area contributed by atoms with Gasteiger partial charge in [-0.1, -0.05) is 6.07 Å². The maximum absolute atomic E-state index is 4.57. The molecule has 0 aliphatic heterocycles. The average Bonchev–Trinajstić information content (AvgIpc) is 2.74. The van der Waals surface area contributed by atoms with Crippen molar-refractivity contribution in [3.05, 3.63) is 41.6 Å². The van der Waals surface area contributed by atoms with Crippen molar-refractivity contribution in [3.63, 3.8) is 0 Å². The predicted molar refractivity (Wildman–Crippen MR) is 86.8 cm³/mol. The third-order valence-electron chi connectivity index (χ3n) is 3.62. The first-order valence-corrected chi connectivity index (χ1v) is 7.38. The first kappa shape index (κ1) is 14.4. The van der Waals surface area contributed by atoms with Crippen LogP contribution in [0.3, 0.4) is 0 Å². The lowest BCUT2D eigenvalue weighted by molar-refractivity contribution is 0.769. The van der Waals surface area contributed by atoms with Crippen LogP contribution in [-0.2, 0) is 13.5 Å². The largest absolute Gasteiger partial charge is 0.367 e. The lowest BCUT2D eigenvalue weighted by Gasteiger charge is -2.15. The molecule has 0 aliphatic rings. The Hall–Kier alpha value is -2.50. The van der Waals surface area contributed by atoms with E-state index in [4.69, 9.17) is 0 Å². The van der Waals surface area contributed by atoms with Gasteiger partial charge in [-0.3, -0.25) is 9.67 Å². The van der Waals surface area contributed by atoms with Crippen molar-refractivity contribution >= 4 is 16.9 Å². The topological polar surface area (TPSA) is 68.5 Å². The Kier molecular flexibility index (Phi) is 3.75. The minimum absolute atomic E-state index is 0.237. The number of nitrogens with zero attached hydrogens (tertiary/aromatic N) is 5. The molecule has 0 fully saturated rings. The van der Waals surface area contributed by atoms with Crippen molar-refractivity contribution in [2.24, 2.45) is 7.05 Å². The summed E-state index contributed by atoms with van der Waals surface area (Å²) in [5.41, 5.74) is 3.00. The summed E-state index contributed by atoms with van der Waals surface area (Å²) in [4.78, 5) is 13.2. The van der Waals surface area contributed by atoms with E-state index in [2.05, 4.69) is 38.4 Å². The second kappa shape index (κ2) is 5.71. The smallest absolute Gasteiger partial charge is 0.163 e. The Morgan fingerprint density at radius 1 is 1.27 bits per heavy atom. The standard InChI is InChI=1S/C16H20N6/c1-10(8-13-6-5-7-17-9-13)18-15-14-11(2)21-22(4)16(14)20-12(3)19-15/h5-7,9-10H,8H2,1-4H3,(H,18,19,20)/t10-/m0/s1. The first-order valence-electron chi connectivity index (χ1n) is 7.38. The van der Waals surface area contributed by atoms with Gasteiger partial charge in [0, 0.05) is 25.5 Å². The molecule has 114 valence electrons. The molecule has 3 heterocycles. The average molecular weight is 296 g/mol. The minimum atomic E-state index is 0.237. The molecule has 22 heavy (non-hydrogen) atoms. The highest BCUT2D eigenvalue weighted by Gasteiger charge is 2.15. The van der Waals surface area contributed by atoms with E-state index in [9.17, 15) is 0 Å². The van der Waals surface area contributed by atoms with Crippen LogP contribution in [0.5, 0.6) is 0 Å². The van der Waals surface area contributed by atoms with Crippen molar-refractivity contribution in [1.82, 2.24) is 24.7 Å². The molecule has 0 amide bonds. The first-order chi connectivity index (χ1) is 10.5. The highest BCUT2D eigenvalue weighted by Crippen LogP contribution is 2.24. The molecule has 0 aromatic carbocycles. The Morgan fingerprint density at radius 2 is 2.09 bits per heavy atom. The molecule has 6 nitrogen and oxygen atoms in total. The van der Waals surface area contributed by atoms with Gasteiger partial charge in [-0.2, -0.15) is 5.10 Å². The Labute approximate surface area is 129 Å². The second-order valence-electron chi connectivity index (χ2n) is 5.64. The number of fused-ring (bicyclic) bond motifs is 1. The molecular weight excluding hydrogens is 276 g/mol. The van der Waals surface area contributed by atoms with Gasteiger partial charge in [0.2, 0.25) is 0 Å². The highest BCUT2D eigenvalue weighted by atomic mass is 15.3. The van der Waals surface area contributed by atoms with Gasteiger partial charge in [0.15, 0.2) is 5.65 Å². The summed E-state index contributed by atoms with van der Waals surface area (Å²) >= 11 is 0. The number of anilines is 1. The van der Waals surface area contributed by atoms with E-state index in [0.717, 1.165) is 34.8 Å². The van der Waals surface area contributed by atoms with Crippen LogP contribution in [0, 0.1) is 13.8 Å². The van der Waals surface area contributed by atoms with Gasteiger partial charge < -0.3 is 5.32 Å². The molecule has 1 atom stereocenters. The quantitative estimate of drug-likeness (QED) is 0.800. The van der Waals surface area contributed by atoms with Gasteiger partial charge in [0.05, 0.1) is 11.1 Å². The summed E-state index contributed by atoms with van der Waals surface area (Å²) in [7, 11) is 1.91. The van der Waals surface area contributed by atoms with Crippen molar-refractivity contribution in [1.29, 1.82) is 0 Å². The SMILES string of the molecule is Cc1nc(N[C@@H](C)Cc2cccnc2)c2c(C)nn(C)c2n1. The summed E-state index contributed by atoms with van der Waals surface area (Å²) in [5, 5.41) is 8.94. The molecular formula is C16H20N6. The van der Waals surface area contributed by atoms with E-state index in [-0.39, 0.29) is 6.04 Å². The van der Waals surface area contributed by atoms with E-state index in [1.165, 1.54) is 5.56 Å². The van der Waals surface area contributed by atoms with Crippen LogP contribution in [0.2, 0.25) is 0 Å². The van der Waals surface area contributed by atoms with Gasteiger partial charge in [-0.25, -0.2) is 9.97 Å². The van der Waals surface area contributed by atoms with E-state index < -0.39 is 0 Å². The van der Waals surface area contributed by atoms with Gasteiger partial charge in [-0.15, -0.1) is 0 Å². The fourth-order valence-electron chi connectivity index (χ4n) is 2.71. The fourth-order valence-corrected chi connectivity index (χ4v) is 2.71. The Balaban J connectivity index is 1.90. The van der Waals surface area contributed by atoms with Gasteiger partial charge in [-0.05, 0) is 38.8 Å². The van der Waals surface area contributed by atoms with Crippen LogP contribution in [0.4, 0.5) is 5.82 Å². The van der Waals surface area contributed by atoms with Gasteiger partial charge in [0.1, 0.15) is 11.6 Å². The minimum Gasteiger partial charge on any atom is -0.367 e. The monoisotopic (exact) mass is 296 g/mol. The molecule has 6 heteroatoms. The molecule has 0 aliphatic carbocycles. The number of rotatable bonds is 4. The van der Waals surface area contributed by atoms with Crippen molar-refractivity contribution in [2.45, 2.75) is 33.2 Å². The summed E-state index contributed by atoms with van der Waals surface area (Å²) in [6.45, 7) is 6.03. The normalized spacial score (nSPS) is 12.5. The van der Waals surface area contributed by atoms with Crippen molar-refractivity contribution in [2.75, 3.05) is 5.32 Å². The lowest BCUT2D eigenvalue weighted by atomic mass is 10.1. The maximum atomic E-state index is 4.57. The summed E-state index contributed by atoms with van der Waals surface area (Å²) in [5.74, 6) is 1.59. The van der Waals surface area contributed by atoms with E-state index in [1.54, 1.807) is 10.9 Å². The zero-order valence-electron chi connectivity index (χ0n) is 13.3. The van der Waals surface area contributed by atoms with Crippen molar-refractivity contribution in [3.8, 4) is 0 Å². The lowest BCUT2D eigenvalue weighted by Crippen LogP contribution is -2.19. The summed E-state index contributed by atoms with van der Waals surface area (Å²) in [6.07, 6.45) is 4.57. The molecule has 0 spiro atoms. The molecule has 3 rings (SSSR count). The van der Waals surface area contributed by atoms with Crippen molar-refractivity contribution < 1.29 is 0 Å². The van der Waals surface area contributed by atoms with E-state index in [0.29, 0.717) is 0 Å². The van der Waals surface area contributed by atoms with E-state index in [1.807, 2.05) is 33.2 Å². The molecule has 0 saturated carbocycles. The highest BCUT2D eigenvalue weighted by molar-refractivity contribution is 5.89. The van der Waals surface area contributed by atoms with Crippen LogP contribution in [-0.4, -0.2) is 30.8 Å². The van der Waals surface area contributed by atoms with Crippen LogP contribution < -0.4 is 5.32 Å². The Bertz CT molecular complexity index is 793. The molecule has 0 unspecified atom stereocenters. The molecule has 1 N–H and O–H groups in total. The fraction of sp³-hybridized carbons (Fsp3) is 0.375. The number of aryl methyl sites for hydroxylation is 3. The number of pyridine rings is 1. The molecule has 0 radical (unpaired) electrons. The predicted octanol–water partition coefficient (Wildman–Crippen LogP) is 2.42. The zero-order valence-corrected chi connectivity index (χ0v) is 13.3. The Morgan fingerprint density at radius 3 is 2.82 bits per heavy atom. The van der Waals surface area contributed by atoms with Gasteiger partial charge in [0.25, 0.3) is 0 Å². The molecule has 3 aromatic heterocycles. The summed E-state index contributed by atoms with van der Waals surface area (Å²) < 4.78 is 1.80. The van der Waals surface area contributed by atoms with E-state index >= 15 is 0 Å².